The van der Waals surface area contributed by atoms with Gasteiger partial charge in [0.2, 0.25) is 0 Å². The lowest BCUT2D eigenvalue weighted by Crippen LogP contribution is -1.97. The van der Waals surface area contributed by atoms with Gasteiger partial charge in [-0.25, -0.2) is 4.79 Å². The Labute approximate surface area is 105 Å². The molecular weight excluding hydrogens is 244 g/mol. The molecule has 1 aromatic rings. The predicted octanol–water partition coefficient (Wildman–Crippen LogP) is 4.18. The van der Waals surface area contributed by atoms with Crippen LogP contribution in [0, 0.1) is 5.92 Å². The topological polar surface area (TPSA) is 37.3 Å². The molecule has 0 aliphatic carbocycles. The van der Waals surface area contributed by atoms with E-state index in [9.17, 15) is 4.79 Å². The van der Waals surface area contributed by atoms with E-state index in [1.165, 1.54) is 0 Å². The quantitative estimate of drug-likeness (QED) is 0.805. The number of carboxylic acids is 1. The molecule has 16 heavy (non-hydrogen) atoms. The van der Waals surface area contributed by atoms with Crippen molar-refractivity contribution in [3.8, 4) is 0 Å². The van der Waals surface area contributed by atoms with Gasteiger partial charge in [0.15, 0.2) is 0 Å². The van der Waals surface area contributed by atoms with Gasteiger partial charge < -0.3 is 5.11 Å². The minimum absolute atomic E-state index is 0.177. The van der Waals surface area contributed by atoms with Crippen LogP contribution in [0.3, 0.4) is 0 Å². The zero-order chi connectivity index (χ0) is 12.1. The Morgan fingerprint density at radius 3 is 2.75 bits per heavy atom. The Bertz CT molecular complexity index is 377. The highest BCUT2D eigenvalue weighted by Crippen LogP contribution is 2.25. The van der Waals surface area contributed by atoms with Crippen LogP contribution in [-0.2, 0) is 0 Å². The smallest absolute Gasteiger partial charge is 0.337 e. The van der Waals surface area contributed by atoms with Crippen LogP contribution in [0.1, 0.15) is 30.6 Å². The average molecular weight is 259 g/mol. The Balaban J connectivity index is 2.68. The van der Waals surface area contributed by atoms with Gasteiger partial charge in [0, 0.05) is 4.90 Å². The minimum Gasteiger partial charge on any atom is -0.478 e. The minimum atomic E-state index is -0.976. The first kappa shape index (κ1) is 13.4. The summed E-state index contributed by atoms with van der Waals surface area (Å²) >= 11 is 7.45. The van der Waals surface area contributed by atoms with E-state index in [0.29, 0.717) is 10.9 Å². The van der Waals surface area contributed by atoms with Crippen molar-refractivity contribution in [2.45, 2.75) is 25.2 Å². The number of halogens is 1. The molecule has 0 radical (unpaired) electrons. The molecule has 0 saturated heterocycles. The molecule has 0 fully saturated rings. The van der Waals surface area contributed by atoms with Gasteiger partial charge in [-0.3, -0.25) is 0 Å². The summed E-state index contributed by atoms with van der Waals surface area (Å²) in [5.41, 5.74) is 0.177. The molecule has 2 nitrogen and oxygen atoms in total. The molecule has 1 N–H and O–H groups in total. The number of benzene rings is 1. The highest BCUT2D eigenvalue weighted by atomic mass is 35.5. The van der Waals surface area contributed by atoms with E-state index >= 15 is 0 Å². The third-order valence-electron chi connectivity index (χ3n) is 2.13. The van der Waals surface area contributed by atoms with Gasteiger partial charge in [0.25, 0.3) is 0 Å². The summed E-state index contributed by atoms with van der Waals surface area (Å²) in [6.45, 7) is 4.34. The third kappa shape index (κ3) is 4.06. The molecule has 0 atom stereocenters. The molecule has 0 aliphatic heterocycles. The second kappa shape index (κ2) is 6.16. The van der Waals surface area contributed by atoms with Crippen LogP contribution in [0.2, 0.25) is 5.02 Å². The van der Waals surface area contributed by atoms with Crippen LogP contribution < -0.4 is 0 Å². The summed E-state index contributed by atoms with van der Waals surface area (Å²) in [5.74, 6) is 0.688. The molecule has 88 valence electrons. The molecule has 0 unspecified atom stereocenters. The Morgan fingerprint density at radius 2 is 2.19 bits per heavy atom. The Morgan fingerprint density at radius 1 is 1.50 bits per heavy atom. The predicted molar refractivity (Wildman–Crippen MR) is 68.6 cm³/mol. The van der Waals surface area contributed by atoms with Crippen LogP contribution in [0.4, 0.5) is 0 Å². The van der Waals surface area contributed by atoms with Crippen molar-refractivity contribution in [1.29, 1.82) is 0 Å². The zero-order valence-corrected chi connectivity index (χ0v) is 10.9. The molecule has 0 bridgehead atoms. The summed E-state index contributed by atoms with van der Waals surface area (Å²) in [4.78, 5) is 11.8. The number of thioether (sulfide) groups is 1. The number of hydrogen-bond acceptors (Lipinski definition) is 2. The summed E-state index contributed by atoms with van der Waals surface area (Å²) in [7, 11) is 0. The van der Waals surface area contributed by atoms with E-state index in [2.05, 4.69) is 13.8 Å². The molecule has 0 saturated carbocycles. The molecule has 0 heterocycles. The molecule has 0 aliphatic rings. The average Bonchev–Trinajstić information content (AvgIpc) is 2.19. The SMILES string of the molecule is CC(C)CCSc1ccc(Cl)c(C(=O)O)c1. The molecule has 0 spiro atoms. The molecule has 4 heteroatoms. The summed E-state index contributed by atoms with van der Waals surface area (Å²) in [6.07, 6.45) is 1.12. The highest BCUT2D eigenvalue weighted by molar-refractivity contribution is 7.99. The molecular formula is C12H15ClO2S. The van der Waals surface area contributed by atoms with E-state index in [1.807, 2.05) is 6.07 Å². The van der Waals surface area contributed by atoms with Crippen molar-refractivity contribution in [2.75, 3.05) is 5.75 Å². The van der Waals surface area contributed by atoms with Crippen LogP contribution in [0.15, 0.2) is 23.1 Å². The van der Waals surface area contributed by atoms with Crippen molar-refractivity contribution < 1.29 is 9.90 Å². The Kier molecular flexibility index (Phi) is 5.16. The second-order valence-electron chi connectivity index (χ2n) is 3.98. The van der Waals surface area contributed by atoms with Crippen LogP contribution in [0.25, 0.3) is 0 Å². The maximum atomic E-state index is 10.9. The fourth-order valence-corrected chi connectivity index (χ4v) is 2.56. The monoisotopic (exact) mass is 258 g/mol. The van der Waals surface area contributed by atoms with Gasteiger partial charge in [-0.1, -0.05) is 25.4 Å². The lowest BCUT2D eigenvalue weighted by atomic mass is 10.2. The standard InChI is InChI=1S/C12H15ClO2S/c1-8(2)5-6-16-9-3-4-11(13)10(7-9)12(14)15/h3-4,7-8H,5-6H2,1-2H3,(H,14,15). The van der Waals surface area contributed by atoms with Crippen molar-refractivity contribution in [3.63, 3.8) is 0 Å². The summed E-state index contributed by atoms with van der Waals surface area (Å²) in [5, 5.41) is 9.20. The van der Waals surface area contributed by atoms with Crippen molar-refractivity contribution in [3.05, 3.63) is 28.8 Å². The summed E-state index contributed by atoms with van der Waals surface area (Å²) < 4.78 is 0. The van der Waals surface area contributed by atoms with E-state index < -0.39 is 5.97 Å². The van der Waals surface area contributed by atoms with Gasteiger partial charge in [-0.05, 0) is 36.3 Å². The van der Waals surface area contributed by atoms with Gasteiger partial charge >= 0.3 is 5.97 Å². The van der Waals surface area contributed by atoms with Gasteiger partial charge in [-0.2, -0.15) is 0 Å². The number of aromatic carboxylic acids is 1. The van der Waals surface area contributed by atoms with E-state index in [1.54, 1.807) is 23.9 Å². The normalized spacial score (nSPS) is 10.8. The fraction of sp³-hybridized carbons (Fsp3) is 0.417. The van der Waals surface area contributed by atoms with Crippen molar-refractivity contribution >= 4 is 29.3 Å². The maximum Gasteiger partial charge on any atom is 0.337 e. The van der Waals surface area contributed by atoms with Crippen molar-refractivity contribution in [2.24, 2.45) is 5.92 Å². The number of carbonyl (C=O) groups is 1. The third-order valence-corrected chi connectivity index (χ3v) is 3.49. The molecule has 1 rings (SSSR count). The van der Waals surface area contributed by atoms with Gasteiger partial charge in [-0.15, -0.1) is 11.8 Å². The lowest BCUT2D eigenvalue weighted by Gasteiger charge is -2.06. The molecule has 0 aromatic heterocycles. The first-order valence-corrected chi connectivity index (χ1v) is 6.52. The highest BCUT2D eigenvalue weighted by Gasteiger charge is 2.09. The largest absolute Gasteiger partial charge is 0.478 e. The maximum absolute atomic E-state index is 10.9. The molecule has 1 aromatic carbocycles. The first-order valence-electron chi connectivity index (χ1n) is 5.16. The first-order chi connectivity index (χ1) is 7.50. The second-order valence-corrected chi connectivity index (χ2v) is 5.55. The lowest BCUT2D eigenvalue weighted by molar-refractivity contribution is 0.0697. The van der Waals surface area contributed by atoms with E-state index in [-0.39, 0.29) is 5.56 Å². The van der Waals surface area contributed by atoms with Gasteiger partial charge in [0.1, 0.15) is 0 Å². The fourth-order valence-electron chi connectivity index (χ4n) is 1.17. The van der Waals surface area contributed by atoms with Gasteiger partial charge in [0.05, 0.1) is 10.6 Å². The number of hydrogen-bond donors (Lipinski definition) is 1. The number of carboxylic acid groups (broad SMARTS) is 1. The molecule has 0 amide bonds. The number of rotatable bonds is 5. The van der Waals surface area contributed by atoms with Crippen LogP contribution in [-0.4, -0.2) is 16.8 Å². The van der Waals surface area contributed by atoms with Crippen molar-refractivity contribution in [1.82, 2.24) is 0 Å². The Hall–Kier alpha value is -0.670. The summed E-state index contributed by atoms with van der Waals surface area (Å²) in [6, 6.07) is 5.14. The zero-order valence-electron chi connectivity index (χ0n) is 9.37. The van der Waals surface area contributed by atoms with E-state index in [4.69, 9.17) is 16.7 Å². The van der Waals surface area contributed by atoms with E-state index in [0.717, 1.165) is 17.1 Å². The van der Waals surface area contributed by atoms with Crippen LogP contribution >= 0.6 is 23.4 Å². The van der Waals surface area contributed by atoms with Crippen LogP contribution in [0.5, 0.6) is 0 Å².